The molecule has 1 fully saturated rings. The summed E-state index contributed by atoms with van der Waals surface area (Å²) in [7, 11) is 0. The maximum Gasteiger partial charge on any atom is 0.573 e. The Morgan fingerprint density at radius 3 is 2.56 bits per heavy atom. The maximum atomic E-state index is 12.5. The van der Waals surface area contributed by atoms with E-state index in [2.05, 4.69) is 14.7 Å². The van der Waals surface area contributed by atoms with E-state index >= 15 is 0 Å². The van der Waals surface area contributed by atoms with Gasteiger partial charge in [0.05, 0.1) is 11.0 Å². The summed E-state index contributed by atoms with van der Waals surface area (Å²) in [6, 6.07) is 11.5. The molecule has 1 aromatic heterocycles. The third-order valence-electron chi connectivity index (χ3n) is 6.02. The average molecular weight is 447 g/mol. The van der Waals surface area contributed by atoms with Gasteiger partial charge >= 0.3 is 12.5 Å². The second kappa shape index (κ2) is 8.72. The van der Waals surface area contributed by atoms with Gasteiger partial charge in [-0.3, -0.25) is 4.90 Å². The Labute approximate surface area is 183 Å². The fourth-order valence-electron chi connectivity index (χ4n) is 4.42. The van der Waals surface area contributed by atoms with Gasteiger partial charge in [0.2, 0.25) is 0 Å². The van der Waals surface area contributed by atoms with E-state index < -0.39 is 12.5 Å². The van der Waals surface area contributed by atoms with Crippen LogP contribution in [0.15, 0.2) is 42.5 Å². The van der Waals surface area contributed by atoms with Crippen molar-refractivity contribution in [3.05, 3.63) is 53.9 Å². The average Bonchev–Trinajstić information content (AvgIpc) is 3.15. The van der Waals surface area contributed by atoms with Gasteiger partial charge in [-0.2, -0.15) is 0 Å². The largest absolute Gasteiger partial charge is 0.573 e. The van der Waals surface area contributed by atoms with Gasteiger partial charge in [0.15, 0.2) is 0 Å². The second-order valence-corrected chi connectivity index (χ2v) is 8.25. The number of carbonyl (C=O) groups is 1. The SMILES string of the molecule is Cc1ccccc1N(CC1CCC(c2nc3ccc(OC(F)(F)F)cc3[nH]2)CC1)C(=O)O. The zero-order valence-corrected chi connectivity index (χ0v) is 17.5. The van der Waals surface area contributed by atoms with Gasteiger partial charge in [-0.15, -0.1) is 13.2 Å². The van der Waals surface area contributed by atoms with Crippen LogP contribution in [-0.2, 0) is 0 Å². The van der Waals surface area contributed by atoms with E-state index in [-0.39, 0.29) is 17.6 Å². The molecule has 9 heteroatoms. The van der Waals surface area contributed by atoms with Gasteiger partial charge in [0, 0.05) is 24.2 Å². The summed E-state index contributed by atoms with van der Waals surface area (Å²) in [4.78, 5) is 21.0. The van der Waals surface area contributed by atoms with Crippen molar-refractivity contribution < 1.29 is 27.8 Å². The number of rotatable bonds is 5. The number of carboxylic acid groups (broad SMARTS) is 1. The van der Waals surface area contributed by atoms with Crippen molar-refractivity contribution >= 4 is 22.8 Å². The highest BCUT2D eigenvalue weighted by molar-refractivity contribution is 5.87. The molecule has 0 spiro atoms. The van der Waals surface area contributed by atoms with E-state index in [0.717, 1.165) is 37.1 Å². The zero-order chi connectivity index (χ0) is 22.9. The third-order valence-corrected chi connectivity index (χ3v) is 6.02. The molecule has 0 unspecified atom stereocenters. The quantitative estimate of drug-likeness (QED) is 0.486. The molecule has 0 saturated heterocycles. The highest BCUT2D eigenvalue weighted by Gasteiger charge is 2.31. The minimum Gasteiger partial charge on any atom is -0.465 e. The van der Waals surface area contributed by atoms with Crippen LogP contribution in [0.3, 0.4) is 0 Å². The fraction of sp³-hybridized carbons (Fsp3) is 0.391. The molecule has 2 N–H and O–H groups in total. The smallest absolute Gasteiger partial charge is 0.465 e. The Morgan fingerprint density at radius 1 is 1.19 bits per heavy atom. The fourth-order valence-corrected chi connectivity index (χ4v) is 4.42. The van der Waals surface area contributed by atoms with Crippen molar-refractivity contribution in [2.45, 2.75) is 44.9 Å². The van der Waals surface area contributed by atoms with Gasteiger partial charge < -0.3 is 14.8 Å². The minimum absolute atomic E-state index is 0.155. The number of aryl methyl sites for hydroxylation is 1. The lowest BCUT2D eigenvalue weighted by Crippen LogP contribution is -2.36. The van der Waals surface area contributed by atoms with Crippen LogP contribution in [0.5, 0.6) is 5.75 Å². The van der Waals surface area contributed by atoms with E-state index in [0.29, 0.717) is 23.3 Å². The standard InChI is InChI=1S/C23H24F3N3O3/c1-14-4-2-3-5-20(14)29(22(30)31)13-15-6-8-16(9-7-15)21-27-18-11-10-17(12-19(18)28-21)32-23(24,25)26/h2-5,10-12,15-16H,6-9,13H2,1H3,(H,27,28)(H,30,31). The molecule has 1 amide bonds. The number of H-pyrrole nitrogens is 1. The number of imidazole rings is 1. The minimum atomic E-state index is -4.74. The molecule has 1 saturated carbocycles. The van der Waals surface area contributed by atoms with E-state index in [1.807, 2.05) is 31.2 Å². The van der Waals surface area contributed by atoms with Crippen LogP contribution in [0.2, 0.25) is 0 Å². The molecule has 2 aromatic carbocycles. The number of halogens is 3. The van der Waals surface area contributed by atoms with E-state index in [1.165, 1.54) is 23.1 Å². The number of aromatic nitrogens is 2. The summed E-state index contributed by atoms with van der Waals surface area (Å²) >= 11 is 0. The molecule has 1 aliphatic carbocycles. The molecule has 32 heavy (non-hydrogen) atoms. The monoisotopic (exact) mass is 447 g/mol. The first-order valence-electron chi connectivity index (χ1n) is 10.5. The highest BCUT2D eigenvalue weighted by Crippen LogP contribution is 2.37. The molecular formula is C23H24F3N3O3. The van der Waals surface area contributed by atoms with Crippen LogP contribution >= 0.6 is 0 Å². The van der Waals surface area contributed by atoms with Gasteiger partial charge in [0.1, 0.15) is 11.6 Å². The maximum absolute atomic E-state index is 12.5. The number of amides is 1. The highest BCUT2D eigenvalue weighted by atomic mass is 19.4. The second-order valence-electron chi connectivity index (χ2n) is 8.25. The summed E-state index contributed by atoms with van der Waals surface area (Å²) in [6.07, 6.45) is -2.35. The number of alkyl halides is 3. The molecule has 0 bridgehead atoms. The predicted octanol–water partition coefficient (Wildman–Crippen LogP) is 6.23. The number of hydrogen-bond donors (Lipinski definition) is 2. The van der Waals surface area contributed by atoms with Crippen molar-refractivity contribution in [3.8, 4) is 5.75 Å². The van der Waals surface area contributed by atoms with Crippen LogP contribution in [-0.4, -0.2) is 34.1 Å². The van der Waals surface area contributed by atoms with Crippen LogP contribution in [0.4, 0.5) is 23.7 Å². The molecule has 170 valence electrons. The summed E-state index contributed by atoms with van der Waals surface area (Å²) < 4.78 is 41.3. The lowest BCUT2D eigenvalue weighted by molar-refractivity contribution is -0.274. The molecule has 0 radical (unpaired) electrons. The summed E-state index contributed by atoms with van der Waals surface area (Å²) in [5.74, 6) is 0.853. The number of nitrogens with zero attached hydrogens (tertiary/aromatic N) is 2. The van der Waals surface area contributed by atoms with Crippen molar-refractivity contribution in [1.82, 2.24) is 9.97 Å². The predicted molar refractivity (Wildman–Crippen MR) is 114 cm³/mol. The molecule has 0 atom stereocenters. The number of benzene rings is 2. The summed E-state index contributed by atoms with van der Waals surface area (Å²) in [5, 5.41) is 9.72. The van der Waals surface area contributed by atoms with Crippen molar-refractivity contribution in [2.75, 3.05) is 11.4 Å². The number of hydrogen-bond acceptors (Lipinski definition) is 3. The Kier molecular flexibility index (Phi) is 5.99. The molecule has 4 rings (SSSR count). The zero-order valence-electron chi connectivity index (χ0n) is 17.5. The number of aromatic amines is 1. The molecular weight excluding hydrogens is 423 g/mol. The lowest BCUT2D eigenvalue weighted by Gasteiger charge is -2.31. The van der Waals surface area contributed by atoms with Crippen molar-refractivity contribution in [2.24, 2.45) is 5.92 Å². The normalized spacial score (nSPS) is 19.1. The first-order valence-corrected chi connectivity index (χ1v) is 10.5. The van der Waals surface area contributed by atoms with Crippen LogP contribution < -0.4 is 9.64 Å². The summed E-state index contributed by atoms with van der Waals surface area (Å²) in [5.41, 5.74) is 2.71. The van der Waals surface area contributed by atoms with Gasteiger partial charge in [0.25, 0.3) is 0 Å². The molecule has 1 aliphatic rings. The van der Waals surface area contributed by atoms with Crippen molar-refractivity contribution in [1.29, 1.82) is 0 Å². The van der Waals surface area contributed by atoms with Crippen LogP contribution in [0, 0.1) is 12.8 Å². The number of nitrogens with one attached hydrogen (secondary N) is 1. The summed E-state index contributed by atoms with van der Waals surface area (Å²) in [6.45, 7) is 2.33. The van der Waals surface area contributed by atoms with E-state index in [9.17, 15) is 23.1 Å². The van der Waals surface area contributed by atoms with Crippen LogP contribution in [0.25, 0.3) is 11.0 Å². The topological polar surface area (TPSA) is 78.5 Å². The Hall–Kier alpha value is -3.23. The van der Waals surface area contributed by atoms with Crippen LogP contribution in [0.1, 0.15) is 43.0 Å². The third kappa shape index (κ3) is 4.98. The van der Waals surface area contributed by atoms with E-state index in [4.69, 9.17) is 0 Å². The lowest BCUT2D eigenvalue weighted by atomic mass is 9.81. The number of para-hydroxylation sites is 1. The molecule has 3 aromatic rings. The molecule has 1 heterocycles. The molecule has 6 nitrogen and oxygen atoms in total. The van der Waals surface area contributed by atoms with Crippen molar-refractivity contribution in [3.63, 3.8) is 0 Å². The molecule has 0 aliphatic heterocycles. The van der Waals surface area contributed by atoms with E-state index in [1.54, 1.807) is 0 Å². The first kappa shape index (κ1) is 22.0. The number of ether oxygens (including phenoxy) is 1. The van der Waals surface area contributed by atoms with Gasteiger partial charge in [-0.25, -0.2) is 9.78 Å². The Morgan fingerprint density at radius 2 is 1.91 bits per heavy atom. The van der Waals surface area contributed by atoms with Gasteiger partial charge in [-0.05, 0) is 62.3 Å². The first-order chi connectivity index (χ1) is 15.2. The Balaban J connectivity index is 1.41. The van der Waals surface area contributed by atoms with Gasteiger partial charge in [-0.1, -0.05) is 18.2 Å². The number of fused-ring (bicyclic) bond motifs is 1. The number of anilines is 1. The Bertz CT molecular complexity index is 1100.